The molecule has 0 amide bonds. The average Bonchev–Trinajstić information content (AvgIpc) is 2.06. The molecule has 0 unspecified atom stereocenters. The number of aryl methyl sites for hydroxylation is 1. The Morgan fingerprint density at radius 1 is 1.21 bits per heavy atom. The second-order valence-electron chi connectivity index (χ2n) is 4.47. The van der Waals surface area contributed by atoms with Gasteiger partial charge in [0.25, 0.3) is 0 Å². The third-order valence-corrected chi connectivity index (χ3v) is 4.41. The molecule has 0 bridgehead atoms. The Morgan fingerprint density at radius 3 is 2.43 bits per heavy atom. The molecule has 0 saturated heterocycles. The molecule has 74 valence electrons. The summed E-state index contributed by atoms with van der Waals surface area (Å²) in [7, 11) is 0. The van der Waals surface area contributed by atoms with Gasteiger partial charge in [-0.1, -0.05) is 0 Å². The van der Waals surface area contributed by atoms with Crippen LogP contribution >= 0.6 is 0 Å². The first-order chi connectivity index (χ1) is 6.49. The topological polar surface area (TPSA) is 12.4 Å². The quantitative estimate of drug-likeness (QED) is 0.690. The van der Waals surface area contributed by atoms with Crippen molar-refractivity contribution >= 4 is 10.1 Å². The van der Waals surface area contributed by atoms with Gasteiger partial charge in [-0.25, -0.2) is 0 Å². The number of hydrogen-bond acceptors (Lipinski definition) is 1. The molecular weight excluding hydrogens is 254 g/mol. The molecule has 0 radical (unpaired) electrons. The summed E-state index contributed by atoms with van der Waals surface area (Å²) in [6, 6.07) is 8.32. The fourth-order valence-corrected chi connectivity index (χ4v) is 2.60. The van der Waals surface area contributed by atoms with Crippen LogP contribution in [0.4, 0.5) is 5.69 Å². The van der Waals surface area contributed by atoms with Gasteiger partial charge in [0, 0.05) is 0 Å². The van der Waals surface area contributed by atoms with Crippen LogP contribution in [0.2, 0.25) is 0 Å². The number of nitrogens with zero attached hydrogens (tertiary/aromatic N) is 1. The van der Waals surface area contributed by atoms with Gasteiger partial charge in [-0.05, 0) is 0 Å². The molecule has 1 nitrogen and oxygen atoms in total. The molecule has 0 aliphatic heterocycles. The fraction of sp³-hybridized carbons (Fsp3) is 0.417. The van der Waals surface area contributed by atoms with Crippen molar-refractivity contribution in [2.24, 2.45) is 8.91 Å². The molecule has 0 spiro atoms. The summed E-state index contributed by atoms with van der Waals surface area (Å²) >= 11 is -0.335. The number of benzene rings is 1. The number of rotatable bonds is 1. The normalized spacial score (nSPS) is 10.6. The molecule has 0 aromatic heterocycles. The van der Waals surface area contributed by atoms with Gasteiger partial charge in [0.15, 0.2) is 0 Å². The van der Waals surface area contributed by atoms with E-state index in [9.17, 15) is 0 Å². The Morgan fingerprint density at radius 2 is 1.86 bits per heavy atom. The summed E-state index contributed by atoms with van der Waals surface area (Å²) in [4.78, 5) is 0. The van der Waals surface area contributed by atoms with Gasteiger partial charge in [0.1, 0.15) is 0 Å². The van der Waals surface area contributed by atoms with Crippen LogP contribution in [0.15, 0.2) is 27.8 Å². The van der Waals surface area contributed by atoms with Crippen LogP contribution < -0.4 is 0 Å². The van der Waals surface area contributed by atoms with Gasteiger partial charge in [-0.2, -0.15) is 0 Å². The molecule has 1 aromatic carbocycles. The van der Waals surface area contributed by atoms with Crippen LogP contribution in [-0.2, 0) is 17.9 Å². The molecule has 0 saturated carbocycles. The standard InChI is InChI=1S/C7H7N.C5H10.Mo/c1-6-4-2-3-5-7(6)8;1-5(2,3)4;/h2-5H,1H3;1H,2-4H3;/q;;+2. The van der Waals surface area contributed by atoms with Gasteiger partial charge in [-0.15, -0.1) is 0 Å². The van der Waals surface area contributed by atoms with Crippen molar-refractivity contribution in [1.82, 2.24) is 0 Å². The van der Waals surface area contributed by atoms with E-state index >= 15 is 0 Å². The van der Waals surface area contributed by atoms with Crippen molar-refractivity contribution in [2.75, 3.05) is 0 Å². The Balaban J connectivity index is 2.90. The van der Waals surface area contributed by atoms with E-state index in [-0.39, 0.29) is 17.9 Å². The SMILES string of the molecule is Cc1ccccc1[N]=[Mo+2]=[CH]C(C)(C)C. The predicted octanol–water partition coefficient (Wildman–Crippen LogP) is 3.74. The van der Waals surface area contributed by atoms with Gasteiger partial charge in [0.05, 0.1) is 0 Å². The zero-order valence-electron chi connectivity index (χ0n) is 9.24. The Kier molecular flexibility index (Phi) is 4.07. The van der Waals surface area contributed by atoms with E-state index in [1.807, 2.05) is 0 Å². The van der Waals surface area contributed by atoms with Crippen molar-refractivity contribution in [1.29, 1.82) is 0 Å². The van der Waals surface area contributed by atoms with E-state index < -0.39 is 0 Å². The zero-order valence-corrected chi connectivity index (χ0v) is 11.2. The van der Waals surface area contributed by atoms with Gasteiger partial charge < -0.3 is 0 Å². The van der Waals surface area contributed by atoms with E-state index in [2.05, 4.69) is 59.9 Å². The molecule has 0 aliphatic carbocycles. The number of hydrogen-bond donors (Lipinski definition) is 0. The first-order valence-corrected chi connectivity index (χ1v) is 6.81. The zero-order chi connectivity index (χ0) is 10.6. The van der Waals surface area contributed by atoms with Crippen LogP contribution in [0.5, 0.6) is 0 Å². The fourth-order valence-electron chi connectivity index (χ4n) is 0.907. The third kappa shape index (κ3) is 4.19. The summed E-state index contributed by atoms with van der Waals surface area (Å²) in [6.07, 6.45) is 0. The van der Waals surface area contributed by atoms with Gasteiger partial charge in [-0.3, -0.25) is 0 Å². The molecule has 14 heavy (non-hydrogen) atoms. The van der Waals surface area contributed by atoms with E-state index in [0.29, 0.717) is 5.41 Å². The van der Waals surface area contributed by atoms with Crippen molar-refractivity contribution in [2.45, 2.75) is 27.7 Å². The van der Waals surface area contributed by atoms with Crippen LogP contribution in [0.1, 0.15) is 26.3 Å². The van der Waals surface area contributed by atoms with Crippen molar-refractivity contribution < 1.29 is 17.9 Å². The van der Waals surface area contributed by atoms with Crippen LogP contribution in [0, 0.1) is 12.3 Å². The van der Waals surface area contributed by atoms with E-state index in [0.717, 1.165) is 5.69 Å². The molecule has 0 heterocycles. The molecule has 2 heteroatoms. The van der Waals surface area contributed by atoms with Crippen LogP contribution in [0.25, 0.3) is 0 Å². The summed E-state index contributed by atoms with van der Waals surface area (Å²) in [6.45, 7) is 8.80. The third-order valence-electron chi connectivity index (χ3n) is 1.67. The Hall–Kier alpha value is -0.422. The summed E-state index contributed by atoms with van der Waals surface area (Å²) in [5.74, 6) is 0. The first kappa shape index (κ1) is 11.7. The predicted molar refractivity (Wildman–Crippen MR) is 58.8 cm³/mol. The minimum absolute atomic E-state index is 0.314. The Bertz CT molecular complexity index is 368. The first-order valence-electron chi connectivity index (χ1n) is 4.76. The van der Waals surface area contributed by atoms with Crippen molar-refractivity contribution in [3.63, 3.8) is 0 Å². The van der Waals surface area contributed by atoms with Crippen LogP contribution in [-0.4, -0.2) is 4.40 Å². The summed E-state index contributed by atoms with van der Waals surface area (Å²) in [5.41, 5.74) is 2.75. The van der Waals surface area contributed by atoms with Gasteiger partial charge >= 0.3 is 94.4 Å². The van der Waals surface area contributed by atoms with E-state index in [1.165, 1.54) is 5.56 Å². The van der Waals surface area contributed by atoms with E-state index in [4.69, 9.17) is 0 Å². The average molecular weight is 271 g/mol. The summed E-state index contributed by atoms with van der Waals surface area (Å²) in [5, 5.41) is 0. The monoisotopic (exact) mass is 273 g/mol. The van der Waals surface area contributed by atoms with Crippen molar-refractivity contribution in [3.05, 3.63) is 29.8 Å². The molecular formula is C12H17MoN+2. The molecule has 0 aliphatic rings. The maximum atomic E-state index is 4.67. The Labute approximate surface area is 94.4 Å². The molecule has 0 fully saturated rings. The second-order valence-corrected chi connectivity index (χ2v) is 6.01. The molecule has 0 N–H and O–H groups in total. The summed E-state index contributed by atoms with van der Waals surface area (Å²) < 4.78 is 7.03. The van der Waals surface area contributed by atoms with Crippen molar-refractivity contribution in [3.8, 4) is 0 Å². The van der Waals surface area contributed by atoms with E-state index in [1.54, 1.807) is 0 Å². The van der Waals surface area contributed by atoms with Crippen LogP contribution in [0.3, 0.4) is 0 Å². The molecule has 1 aromatic rings. The second kappa shape index (κ2) is 4.89. The molecule has 0 atom stereocenters. The van der Waals surface area contributed by atoms with Gasteiger partial charge in [0.2, 0.25) is 0 Å². The maximum absolute atomic E-state index is 4.67. The molecule has 1 rings (SSSR count). The minimum atomic E-state index is -0.335.